The molecule has 0 aliphatic carbocycles. The van der Waals surface area contributed by atoms with Crippen LogP contribution < -0.4 is 11.0 Å². The van der Waals surface area contributed by atoms with Crippen LogP contribution in [0.5, 0.6) is 0 Å². The quantitative estimate of drug-likeness (QED) is 0.817. The second kappa shape index (κ2) is 3.21. The van der Waals surface area contributed by atoms with Crippen molar-refractivity contribution in [1.82, 2.24) is 14.9 Å². The average Bonchev–Trinajstić information content (AvgIpc) is 2.42. The Hall–Kier alpha value is -1.07. The smallest absolute Gasteiger partial charge is 0.313 e. The summed E-state index contributed by atoms with van der Waals surface area (Å²) in [5, 5.41) is 3.17. The number of aromatic nitrogens is 2. The van der Waals surface area contributed by atoms with Crippen LogP contribution in [0, 0.1) is 0 Å². The maximum Gasteiger partial charge on any atom is 0.326 e. The molecule has 1 aromatic carbocycles. The molecular weight excluding hydrogens is 258 g/mol. The summed E-state index contributed by atoms with van der Waals surface area (Å²) in [6, 6.07) is 6.12. The molecule has 0 unspecified atom stereocenters. The fraction of sp³-hybridized carbons (Fsp3) is 0.300. The average molecular weight is 268 g/mol. The van der Waals surface area contributed by atoms with Crippen molar-refractivity contribution in [1.29, 1.82) is 0 Å². The van der Waals surface area contributed by atoms with Gasteiger partial charge in [0.15, 0.2) is 0 Å². The van der Waals surface area contributed by atoms with E-state index < -0.39 is 0 Å². The number of nitrogens with one attached hydrogen (secondary N) is 2. The van der Waals surface area contributed by atoms with Gasteiger partial charge in [0.1, 0.15) is 0 Å². The minimum absolute atomic E-state index is 0.0189. The first-order chi connectivity index (χ1) is 7.25. The van der Waals surface area contributed by atoms with Crippen LogP contribution in [0.1, 0.15) is 6.04 Å². The zero-order valence-corrected chi connectivity index (χ0v) is 9.54. The number of benzene rings is 1. The Labute approximate surface area is 94.4 Å². The van der Waals surface area contributed by atoms with Crippen LogP contribution in [0.3, 0.4) is 0 Å². The Balaban J connectivity index is 2.29. The molecule has 78 valence electrons. The molecule has 2 N–H and O–H groups in total. The number of H-pyrrole nitrogens is 1. The summed E-state index contributed by atoms with van der Waals surface area (Å²) >= 11 is 3.42. The van der Waals surface area contributed by atoms with Crippen molar-refractivity contribution in [3.05, 3.63) is 33.2 Å². The minimum Gasteiger partial charge on any atom is -0.313 e. The van der Waals surface area contributed by atoms with Gasteiger partial charge in [0.2, 0.25) is 0 Å². The van der Waals surface area contributed by atoms with Gasteiger partial charge in [0.05, 0.1) is 17.1 Å². The van der Waals surface area contributed by atoms with Gasteiger partial charge in [-0.05, 0) is 18.2 Å². The number of nitrogens with zero attached hydrogens (tertiary/aromatic N) is 1. The van der Waals surface area contributed by atoms with Gasteiger partial charge >= 0.3 is 5.69 Å². The molecule has 4 nitrogen and oxygen atoms in total. The summed E-state index contributed by atoms with van der Waals surface area (Å²) < 4.78 is 2.83. The molecule has 0 spiro atoms. The molecular formula is C10H10BrN3O. The molecule has 2 aromatic rings. The molecule has 15 heavy (non-hydrogen) atoms. The summed E-state index contributed by atoms with van der Waals surface area (Å²) in [7, 11) is 0. The summed E-state index contributed by atoms with van der Waals surface area (Å²) in [4.78, 5) is 14.6. The van der Waals surface area contributed by atoms with Gasteiger partial charge in [0.25, 0.3) is 0 Å². The van der Waals surface area contributed by atoms with Crippen LogP contribution in [0.15, 0.2) is 27.5 Å². The highest BCUT2D eigenvalue weighted by Gasteiger charge is 2.22. The van der Waals surface area contributed by atoms with Crippen LogP contribution in [0.4, 0.5) is 0 Å². The van der Waals surface area contributed by atoms with E-state index in [2.05, 4.69) is 26.2 Å². The first kappa shape index (κ1) is 9.18. The summed E-state index contributed by atoms with van der Waals surface area (Å²) in [5.41, 5.74) is 1.85. The fourth-order valence-electron chi connectivity index (χ4n) is 1.91. The van der Waals surface area contributed by atoms with E-state index in [4.69, 9.17) is 0 Å². The zero-order chi connectivity index (χ0) is 10.4. The molecule has 0 atom stereocenters. The highest BCUT2D eigenvalue weighted by atomic mass is 79.9. The molecule has 2 heterocycles. The topological polar surface area (TPSA) is 49.8 Å². The van der Waals surface area contributed by atoms with Gasteiger partial charge < -0.3 is 10.3 Å². The second-order valence-corrected chi connectivity index (χ2v) is 4.69. The van der Waals surface area contributed by atoms with E-state index in [1.54, 1.807) is 0 Å². The fourth-order valence-corrected chi connectivity index (χ4v) is 2.26. The van der Waals surface area contributed by atoms with Crippen LogP contribution in [0.2, 0.25) is 0 Å². The lowest BCUT2D eigenvalue weighted by molar-refractivity contribution is 0.344. The molecule has 0 radical (unpaired) electrons. The van der Waals surface area contributed by atoms with E-state index in [0.717, 1.165) is 28.6 Å². The number of halogens is 1. The molecule has 1 saturated heterocycles. The number of hydrogen-bond donors (Lipinski definition) is 2. The van der Waals surface area contributed by atoms with Crippen LogP contribution >= 0.6 is 15.9 Å². The number of imidazole rings is 1. The highest BCUT2D eigenvalue weighted by molar-refractivity contribution is 9.10. The summed E-state index contributed by atoms with van der Waals surface area (Å²) in [6.45, 7) is 1.75. The van der Waals surface area contributed by atoms with E-state index in [9.17, 15) is 4.79 Å². The molecule has 0 saturated carbocycles. The number of hydrogen-bond acceptors (Lipinski definition) is 2. The highest BCUT2D eigenvalue weighted by Crippen LogP contribution is 2.21. The third-order valence-corrected chi connectivity index (χ3v) is 3.30. The Morgan fingerprint density at radius 3 is 2.87 bits per heavy atom. The Bertz CT molecular complexity index is 568. The Kier molecular flexibility index (Phi) is 1.97. The molecule has 1 aromatic heterocycles. The first-order valence-electron chi connectivity index (χ1n) is 4.86. The largest absolute Gasteiger partial charge is 0.326 e. The van der Waals surface area contributed by atoms with Crippen molar-refractivity contribution in [2.75, 3.05) is 13.1 Å². The van der Waals surface area contributed by atoms with E-state index in [1.807, 2.05) is 22.8 Å². The van der Waals surface area contributed by atoms with Gasteiger partial charge in [0, 0.05) is 17.6 Å². The lowest BCUT2D eigenvalue weighted by Gasteiger charge is -2.28. The van der Waals surface area contributed by atoms with Gasteiger partial charge in [-0.2, -0.15) is 0 Å². The van der Waals surface area contributed by atoms with Crippen molar-refractivity contribution in [2.45, 2.75) is 6.04 Å². The summed E-state index contributed by atoms with van der Waals surface area (Å²) in [6.07, 6.45) is 0. The SMILES string of the molecule is O=c1[nH]c2ccc(Br)cc2n1C1CNC1. The standard InChI is InChI=1S/C10H10BrN3O/c11-6-1-2-8-9(3-6)14(10(15)13-8)7-4-12-5-7/h1-3,7,12H,4-5H2,(H,13,15). The molecule has 5 heteroatoms. The number of aromatic amines is 1. The van der Waals surface area contributed by atoms with Gasteiger partial charge in [-0.15, -0.1) is 0 Å². The van der Waals surface area contributed by atoms with E-state index in [-0.39, 0.29) is 5.69 Å². The molecule has 3 rings (SSSR count). The molecule has 1 aliphatic heterocycles. The van der Waals surface area contributed by atoms with Crippen molar-refractivity contribution >= 4 is 27.0 Å². The van der Waals surface area contributed by atoms with Crippen molar-refractivity contribution in [3.63, 3.8) is 0 Å². The maximum atomic E-state index is 11.7. The second-order valence-electron chi connectivity index (χ2n) is 3.77. The Morgan fingerprint density at radius 2 is 2.20 bits per heavy atom. The normalized spacial score (nSPS) is 16.9. The molecule has 1 aliphatic rings. The third kappa shape index (κ3) is 1.34. The van der Waals surface area contributed by atoms with E-state index in [0.29, 0.717) is 6.04 Å². The monoisotopic (exact) mass is 267 g/mol. The van der Waals surface area contributed by atoms with Crippen LogP contribution in [0.25, 0.3) is 11.0 Å². The molecule has 0 bridgehead atoms. The molecule has 0 amide bonds. The third-order valence-electron chi connectivity index (χ3n) is 2.80. The Morgan fingerprint density at radius 1 is 1.40 bits per heavy atom. The van der Waals surface area contributed by atoms with Crippen LogP contribution in [-0.2, 0) is 0 Å². The number of rotatable bonds is 1. The predicted molar refractivity (Wildman–Crippen MR) is 62.2 cm³/mol. The maximum absolute atomic E-state index is 11.7. The predicted octanol–water partition coefficient (Wildman–Crippen LogP) is 1.24. The lowest BCUT2D eigenvalue weighted by atomic mass is 10.1. The number of fused-ring (bicyclic) bond motifs is 1. The van der Waals surface area contributed by atoms with E-state index >= 15 is 0 Å². The van der Waals surface area contributed by atoms with Crippen molar-refractivity contribution in [3.8, 4) is 0 Å². The zero-order valence-electron chi connectivity index (χ0n) is 7.96. The van der Waals surface area contributed by atoms with Gasteiger partial charge in [-0.25, -0.2) is 4.79 Å². The van der Waals surface area contributed by atoms with Gasteiger partial charge in [-0.3, -0.25) is 4.57 Å². The van der Waals surface area contributed by atoms with E-state index in [1.165, 1.54) is 0 Å². The molecule has 1 fully saturated rings. The minimum atomic E-state index is -0.0189. The lowest BCUT2D eigenvalue weighted by Crippen LogP contribution is -2.46. The summed E-state index contributed by atoms with van der Waals surface area (Å²) in [5.74, 6) is 0. The first-order valence-corrected chi connectivity index (χ1v) is 5.65. The van der Waals surface area contributed by atoms with Gasteiger partial charge in [-0.1, -0.05) is 15.9 Å². The van der Waals surface area contributed by atoms with Crippen LogP contribution in [-0.4, -0.2) is 22.6 Å². The van der Waals surface area contributed by atoms with Crippen molar-refractivity contribution < 1.29 is 0 Å². The van der Waals surface area contributed by atoms with Crippen molar-refractivity contribution in [2.24, 2.45) is 0 Å².